The highest BCUT2D eigenvalue weighted by atomic mass is 15.3. The fraction of sp³-hybridized carbons (Fsp3) is 0.733. The smallest absolute Gasteiger partial charge is 0.148 e. The fourth-order valence-electron chi connectivity index (χ4n) is 2.53. The van der Waals surface area contributed by atoms with Gasteiger partial charge in [-0.15, -0.1) is 0 Å². The molecule has 0 aromatic carbocycles. The molecule has 0 saturated carbocycles. The second kappa shape index (κ2) is 5.55. The first-order valence-electron chi connectivity index (χ1n) is 7.23. The number of aryl methyl sites for hydroxylation is 1. The van der Waals surface area contributed by atoms with E-state index in [2.05, 4.69) is 55.9 Å². The number of rotatable bonds is 3. The molecule has 2 heterocycles. The lowest BCUT2D eigenvalue weighted by molar-refractivity contribution is 0.0943. The van der Waals surface area contributed by atoms with Crippen LogP contribution in [0, 0.1) is 6.92 Å². The van der Waals surface area contributed by atoms with E-state index in [1.54, 1.807) is 0 Å². The van der Waals surface area contributed by atoms with Crippen LogP contribution in [0.5, 0.6) is 0 Å². The second-order valence-electron chi connectivity index (χ2n) is 6.21. The van der Waals surface area contributed by atoms with Crippen molar-refractivity contribution in [3.8, 4) is 0 Å². The molecule has 0 amide bonds. The van der Waals surface area contributed by atoms with Crippen molar-refractivity contribution >= 4 is 0 Å². The summed E-state index contributed by atoms with van der Waals surface area (Å²) in [7, 11) is 0. The minimum absolute atomic E-state index is 0.0994. The van der Waals surface area contributed by atoms with Crippen molar-refractivity contribution in [1.29, 1.82) is 0 Å². The average Bonchev–Trinajstić information content (AvgIpc) is 2.39. The second-order valence-corrected chi connectivity index (χ2v) is 6.21. The Morgan fingerprint density at radius 1 is 1.21 bits per heavy atom. The van der Waals surface area contributed by atoms with E-state index in [0.29, 0.717) is 5.92 Å². The molecule has 0 unspecified atom stereocenters. The lowest BCUT2D eigenvalue weighted by Crippen LogP contribution is -2.52. The van der Waals surface area contributed by atoms with Gasteiger partial charge >= 0.3 is 0 Å². The maximum Gasteiger partial charge on any atom is 0.148 e. The minimum atomic E-state index is -0.0994. The molecule has 0 aliphatic carbocycles. The zero-order valence-corrected chi connectivity index (χ0v) is 12.8. The first-order chi connectivity index (χ1) is 8.91. The Kier molecular flexibility index (Phi) is 4.21. The van der Waals surface area contributed by atoms with Crippen molar-refractivity contribution in [3.63, 3.8) is 0 Å². The van der Waals surface area contributed by atoms with Crippen molar-refractivity contribution in [2.24, 2.45) is 0 Å². The monoisotopic (exact) mass is 262 g/mol. The predicted octanol–water partition coefficient (Wildman–Crippen LogP) is 2.05. The number of nitrogens with one attached hydrogen (secondary N) is 1. The molecular formula is C15H26N4. The van der Waals surface area contributed by atoms with Crippen molar-refractivity contribution in [2.45, 2.75) is 46.1 Å². The number of aromatic nitrogens is 2. The van der Waals surface area contributed by atoms with Crippen LogP contribution in [0.4, 0.5) is 0 Å². The highest BCUT2D eigenvalue weighted by Crippen LogP contribution is 2.26. The quantitative estimate of drug-likeness (QED) is 0.905. The molecule has 1 aromatic heterocycles. The van der Waals surface area contributed by atoms with Crippen LogP contribution in [0.3, 0.4) is 0 Å². The van der Waals surface area contributed by atoms with Gasteiger partial charge in [0, 0.05) is 37.6 Å². The molecule has 1 aromatic rings. The van der Waals surface area contributed by atoms with E-state index in [1.807, 2.05) is 0 Å². The molecule has 2 rings (SSSR count). The van der Waals surface area contributed by atoms with Crippen LogP contribution in [-0.2, 0) is 5.54 Å². The molecule has 1 aliphatic heterocycles. The maximum atomic E-state index is 4.81. The summed E-state index contributed by atoms with van der Waals surface area (Å²) in [6, 6.07) is 2.10. The Balaban J connectivity index is 2.33. The van der Waals surface area contributed by atoms with E-state index < -0.39 is 0 Å². The molecular weight excluding hydrogens is 236 g/mol. The summed E-state index contributed by atoms with van der Waals surface area (Å²) in [6.07, 6.45) is 0. The van der Waals surface area contributed by atoms with Gasteiger partial charge in [-0.25, -0.2) is 9.97 Å². The van der Waals surface area contributed by atoms with Crippen LogP contribution in [0.2, 0.25) is 0 Å². The normalized spacial score (nSPS) is 18.0. The molecule has 0 bridgehead atoms. The van der Waals surface area contributed by atoms with Gasteiger partial charge in [-0.05, 0) is 32.8 Å². The van der Waals surface area contributed by atoms with Crippen LogP contribution in [-0.4, -0.2) is 41.0 Å². The lowest BCUT2D eigenvalue weighted by Gasteiger charge is -2.40. The Hall–Kier alpha value is -1.00. The lowest BCUT2D eigenvalue weighted by atomic mass is 9.99. The molecule has 0 spiro atoms. The van der Waals surface area contributed by atoms with Gasteiger partial charge in [0.1, 0.15) is 5.82 Å². The van der Waals surface area contributed by atoms with E-state index in [-0.39, 0.29) is 5.54 Å². The van der Waals surface area contributed by atoms with E-state index in [9.17, 15) is 0 Å². The fourth-order valence-corrected chi connectivity index (χ4v) is 2.53. The molecule has 1 saturated heterocycles. The third-order valence-corrected chi connectivity index (χ3v) is 3.92. The van der Waals surface area contributed by atoms with Gasteiger partial charge in [-0.3, -0.25) is 4.90 Å². The van der Waals surface area contributed by atoms with Gasteiger partial charge in [-0.2, -0.15) is 0 Å². The van der Waals surface area contributed by atoms with Crippen molar-refractivity contribution in [2.75, 3.05) is 26.2 Å². The highest BCUT2D eigenvalue weighted by molar-refractivity contribution is 5.17. The molecule has 106 valence electrons. The zero-order valence-electron chi connectivity index (χ0n) is 12.8. The highest BCUT2D eigenvalue weighted by Gasteiger charge is 2.32. The van der Waals surface area contributed by atoms with E-state index in [0.717, 1.165) is 43.4 Å². The summed E-state index contributed by atoms with van der Waals surface area (Å²) in [5.41, 5.74) is 2.11. The molecule has 4 nitrogen and oxygen atoms in total. The number of hydrogen-bond acceptors (Lipinski definition) is 4. The summed E-state index contributed by atoms with van der Waals surface area (Å²) in [4.78, 5) is 12.0. The minimum Gasteiger partial charge on any atom is -0.314 e. The van der Waals surface area contributed by atoms with Crippen LogP contribution < -0.4 is 5.32 Å². The van der Waals surface area contributed by atoms with Crippen molar-refractivity contribution < 1.29 is 0 Å². The largest absolute Gasteiger partial charge is 0.314 e. The number of nitrogens with zero attached hydrogens (tertiary/aromatic N) is 3. The molecule has 1 aliphatic rings. The first-order valence-corrected chi connectivity index (χ1v) is 7.23. The van der Waals surface area contributed by atoms with Gasteiger partial charge in [0.25, 0.3) is 0 Å². The molecule has 1 fully saturated rings. The third-order valence-electron chi connectivity index (χ3n) is 3.92. The summed E-state index contributed by atoms with van der Waals surface area (Å²) in [6.45, 7) is 15.1. The predicted molar refractivity (Wildman–Crippen MR) is 78.3 cm³/mol. The summed E-state index contributed by atoms with van der Waals surface area (Å²) >= 11 is 0. The standard InChI is InChI=1S/C15H26N4/c1-11(2)13-10-12(3)17-14(18-13)15(4,5)19-8-6-16-7-9-19/h10-11,16H,6-9H2,1-5H3. The Labute approximate surface area is 116 Å². The first kappa shape index (κ1) is 14.4. The molecule has 1 N–H and O–H groups in total. The molecule has 0 atom stereocenters. The summed E-state index contributed by atoms with van der Waals surface area (Å²) < 4.78 is 0. The average molecular weight is 262 g/mol. The Bertz CT molecular complexity index is 434. The Morgan fingerprint density at radius 3 is 2.42 bits per heavy atom. The van der Waals surface area contributed by atoms with Gasteiger partial charge in [0.15, 0.2) is 0 Å². The summed E-state index contributed by atoms with van der Waals surface area (Å²) in [5.74, 6) is 1.40. The SMILES string of the molecule is Cc1cc(C(C)C)nc(C(C)(C)N2CCNCC2)n1. The van der Waals surface area contributed by atoms with Gasteiger partial charge in [0.2, 0.25) is 0 Å². The van der Waals surface area contributed by atoms with Crippen LogP contribution in [0.1, 0.15) is 50.8 Å². The van der Waals surface area contributed by atoms with E-state index >= 15 is 0 Å². The molecule has 0 radical (unpaired) electrons. The van der Waals surface area contributed by atoms with E-state index in [4.69, 9.17) is 4.98 Å². The van der Waals surface area contributed by atoms with Gasteiger partial charge in [-0.1, -0.05) is 13.8 Å². The topological polar surface area (TPSA) is 41.1 Å². The number of hydrogen-bond donors (Lipinski definition) is 1. The van der Waals surface area contributed by atoms with Crippen LogP contribution >= 0.6 is 0 Å². The van der Waals surface area contributed by atoms with Crippen LogP contribution in [0.25, 0.3) is 0 Å². The zero-order chi connectivity index (χ0) is 14.0. The molecule has 4 heteroatoms. The van der Waals surface area contributed by atoms with Gasteiger partial charge in [0.05, 0.1) is 5.54 Å². The summed E-state index contributed by atoms with van der Waals surface area (Å²) in [5, 5.41) is 3.40. The Morgan fingerprint density at radius 2 is 1.84 bits per heavy atom. The van der Waals surface area contributed by atoms with Crippen molar-refractivity contribution in [1.82, 2.24) is 20.2 Å². The number of piperazine rings is 1. The van der Waals surface area contributed by atoms with Gasteiger partial charge < -0.3 is 5.32 Å². The maximum absolute atomic E-state index is 4.81. The molecule has 19 heavy (non-hydrogen) atoms. The van der Waals surface area contributed by atoms with Crippen molar-refractivity contribution in [3.05, 3.63) is 23.3 Å². The third kappa shape index (κ3) is 3.12. The van der Waals surface area contributed by atoms with E-state index in [1.165, 1.54) is 0 Å². The van der Waals surface area contributed by atoms with Crippen LogP contribution in [0.15, 0.2) is 6.07 Å².